The largest absolute Gasteiger partial charge is 0.381 e. The Morgan fingerprint density at radius 2 is 1.91 bits per heavy atom. The van der Waals surface area contributed by atoms with Gasteiger partial charge in [0.1, 0.15) is 0 Å². The summed E-state index contributed by atoms with van der Waals surface area (Å²) in [6.07, 6.45) is 4.97. The molecular formula is C17H30N2O3. The standard InChI is InChI=1S/C17H30N2O3/c1-3-17(4-2)13-22-10-7-19(17)15(20)14-11-16(18-12-14)5-8-21-9-6-16/h14,18H,3-13H2,1-2H3. The zero-order chi connectivity index (χ0) is 15.6. The molecule has 0 radical (unpaired) electrons. The Balaban J connectivity index is 1.70. The van der Waals surface area contributed by atoms with Crippen LogP contribution < -0.4 is 5.32 Å². The van der Waals surface area contributed by atoms with E-state index in [1.807, 2.05) is 0 Å². The fourth-order valence-electron chi connectivity index (χ4n) is 4.41. The van der Waals surface area contributed by atoms with Gasteiger partial charge in [-0.1, -0.05) is 13.8 Å². The molecule has 3 heterocycles. The molecule has 126 valence electrons. The average molecular weight is 310 g/mol. The van der Waals surface area contributed by atoms with E-state index in [4.69, 9.17) is 9.47 Å². The average Bonchev–Trinajstić information content (AvgIpc) is 2.98. The van der Waals surface area contributed by atoms with Gasteiger partial charge in [-0.25, -0.2) is 0 Å². The van der Waals surface area contributed by atoms with Gasteiger partial charge in [-0.05, 0) is 32.1 Å². The van der Waals surface area contributed by atoms with Crippen molar-refractivity contribution in [1.29, 1.82) is 0 Å². The molecule has 0 aromatic heterocycles. The molecule has 1 amide bonds. The van der Waals surface area contributed by atoms with E-state index < -0.39 is 0 Å². The summed E-state index contributed by atoms with van der Waals surface area (Å²) in [5.41, 5.74) is 0.0483. The van der Waals surface area contributed by atoms with Crippen molar-refractivity contribution in [2.24, 2.45) is 5.92 Å². The summed E-state index contributed by atoms with van der Waals surface area (Å²) < 4.78 is 11.2. The van der Waals surface area contributed by atoms with Crippen LogP contribution in [0.2, 0.25) is 0 Å². The highest BCUT2D eigenvalue weighted by molar-refractivity contribution is 5.80. The maximum Gasteiger partial charge on any atom is 0.227 e. The number of rotatable bonds is 3. The molecule has 0 saturated carbocycles. The number of hydrogen-bond donors (Lipinski definition) is 1. The van der Waals surface area contributed by atoms with Crippen molar-refractivity contribution in [1.82, 2.24) is 10.2 Å². The van der Waals surface area contributed by atoms with Crippen LogP contribution in [-0.2, 0) is 14.3 Å². The molecule has 3 saturated heterocycles. The van der Waals surface area contributed by atoms with Gasteiger partial charge in [-0.3, -0.25) is 4.79 Å². The number of ether oxygens (including phenoxy) is 2. The number of morpholine rings is 1. The normalized spacial score (nSPS) is 30.6. The Kier molecular flexibility index (Phi) is 4.76. The molecule has 1 unspecified atom stereocenters. The highest BCUT2D eigenvalue weighted by Crippen LogP contribution is 2.36. The first kappa shape index (κ1) is 16.2. The second kappa shape index (κ2) is 6.46. The lowest BCUT2D eigenvalue weighted by atomic mass is 9.84. The molecule has 0 aromatic carbocycles. The minimum atomic E-state index is -0.0965. The first-order valence-corrected chi connectivity index (χ1v) is 8.87. The number of amides is 1. The summed E-state index contributed by atoms with van der Waals surface area (Å²) in [7, 11) is 0. The smallest absolute Gasteiger partial charge is 0.227 e. The molecule has 3 fully saturated rings. The molecule has 5 nitrogen and oxygen atoms in total. The highest BCUT2D eigenvalue weighted by atomic mass is 16.5. The van der Waals surface area contributed by atoms with Crippen molar-refractivity contribution >= 4 is 5.91 Å². The lowest BCUT2D eigenvalue weighted by Gasteiger charge is -2.47. The number of carbonyl (C=O) groups excluding carboxylic acids is 1. The summed E-state index contributed by atoms with van der Waals surface area (Å²) in [5.74, 6) is 0.455. The maximum atomic E-state index is 13.2. The van der Waals surface area contributed by atoms with E-state index in [0.29, 0.717) is 19.1 Å². The van der Waals surface area contributed by atoms with Crippen LogP contribution in [0.25, 0.3) is 0 Å². The van der Waals surface area contributed by atoms with Crippen molar-refractivity contribution in [3.05, 3.63) is 0 Å². The van der Waals surface area contributed by atoms with Crippen LogP contribution in [-0.4, -0.2) is 61.4 Å². The van der Waals surface area contributed by atoms with Crippen molar-refractivity contribution in [3.63, 3.8) is 0 Å². The molecule has 3 rings (SSSR count). The zero-order valence-corrected chi connectivity index (χ0v) is 14.0. The minimum absolute atomic E-state index is 0.0965. The van der Waals surface area contributed by atoms with E-state index in [0.717, 1.165) is 58.4 Å². The Hall–Kier alpha value is -0.650. The third kappa shape index (κ3) is 2.79. The molecular weight excluding hydrogens is 280 g/mol. The van der Waals surface area contributed by atoms with E-state index in [1.54, 1.807) is 0 Å². The first-order chi connectivity index (χ1) is 10.6. The summed E-state index contributed by atoms with van der Waals surface area (Å²) in [6.45, 7) is 8.90. The van der Waals surface area contributed by atoms with Gasteiger partial charge in [0.25, 0.3) is 0 Å². The molecule has 5 heteroatoms. The first-order valence-electron chi connectivity index (χ1n) is 8.87. The lowest BCUT2D eigenvalue weighted by molar-refractivity contribution is -0.154. The van der Waals surface area contributed by atoms with E-state index in [-0.39, 0.29) is 17.0 Å². The topological polar surface area (TPSA) is 50.8 Å². The van der Waals surface area contributed by atoms with Gasteiger partial charge in [0.15, 0.2) is 0 Å². The summed E-state index contributed by atoms with van der Waals surface area (Å²) in [6, 6.07) is 0. The molecule has 0 aromatic rings. The van der Waals surface area contributed by atoms with Crippen LogP contribution in [0.4, 0.5) is 0 Å². The Morgan fingerprint density at radius 1 is 1.18 bits per heavy atom. The lowest BCUT2D eigenvalue weighted by Crippen LogP contribution is -2.60. The van der Waals surface area contributed by atoms with Gasteiger partial charge in [0.2, 0.25) is 5.91 Å². The minimum Gasteiger partial charge on any atom is -0.381 e. The van der Waals surface area contributed by atoms with Crippen molar-refractivity contribution in [2.45, 2.75) is 57.0 Å². The molecule has 0 bridgehead atoms. The van der Waals surface area contributed by atoms with Crippen molar-refractivity contribution in [2.75, 3.05) is 39.5 Å². The predicted molar refractivity (Wildman–Crippen MR) is 84.7 cm³/mol. The van der Waals surface area contributed by atoms with Gasteiger partial charge in [-0.15, -0.1) is 0 Å². The van der Waals surface area contributed by atoms with Crippen LogP contribution >= 0.6 is 0 Å². The number of nitrogens with zero attached hydrogens (tertiary/aromatic N) is 1. The van der Waals surface area contributed by atoms with Crippen molar-refractivity contribution < 1.29 is 14.3 Å². The number of nitrogens with one attached hydrogen (secondary N) is 1. The zero-order valence-electron chi connectivity index (χ0n) is 14.0. The third-order valence-electron chi connectivity index (χ3n) is 6.14. The van der Waals surface area contributed by atoms with Crippen LogP contribution in [0.1, 0.15) is 46.0 Å². The molecule has 0 aliphatic carbocycles. The fraction of sp³-hybridized carbons (Fsp3) is 0.941. The van der Waals surface area contributed by atoms with Crippen LogP contribution in [0.5, 0.6) is 0 Å². The molecule has 1 N–H and O–H groups in total. The predicted octanol–water partition coefficient (Wildman–Crippen LogP) is 1.56. The number of hydrogen-bond acceptors (Lipinski definition) is 4. The third-order valence-corrected chi connectivity index (χ3v) is 6.14. The van der Waals surface area contributed by atoms with Gasteiger partial charge < -0.3 is 19.7 Å². The van der Waals surface area contributed by atoms with Gasteiger partial charge in [-0.2, -0.15) is 0 Å². The Bertz CT molecular complexity index is 403. The summed E-state index contributed by atoms with van der Waals surface area (Å²) in [5, 5.41) is 3.65. The summed E-state index contributed by atoms with van der Waals surface area (Å²) in [4.78, 5) is 15.3. The van der Waals surface area contributed by atoms with E-state index in [1.165, 1.54) is 0 Å². The van der Waals surface area contributed by atoms with Crippen LogP contribution in [0.15, 0.2) is 0 Å². The van der Waals surface area contributed by atoms with Crippen LogP contribution in [0, 0.1) is 5.92 Å². The fourth-order valence-corrected chi connectivity index (χ4v) is 4.41. The van der Waals surface area contributed by atoms with Gasteiger partial charge in [0, 0.05) is 31.8 Å². The van der Waals surface area contributed by atoms with E-state index in [9.17, 15) is 4.79 Å². The molecule has 3 aliphatic rings. The van der Waals surface area contributed by atoms with E-state index >= 15 is 0 Å². The second-order valence-electron chi connectivity index (χ2n) is 7.15. The quantitative estimate of drug-likeness (QED) is 0.859. The second-order valence-corrected chi connectivity index (χ2v) is 7.15. The highest BCUT2D eigenvalue weighted by Gasteiger charge is 2.47. The van der Waals surface area contributed by atoms with E-state index in [2.05, 4.69) is 24.1 Å². The summed E-state index contributed by atoms with van der Waals surface area (Å²) >= 11 is 0. The van der Waals surface area contributed by atoms with Crippen LogP contribution in [0.3, 0.4) is 0 Å². The molecule has 1 atom stereocenters. The Labute approximate surface area is 133 Å². The molecule has 1 spiro atoms. The molecule has 22 heavy (non-hydrogen) atoms. The Morgan fingerprint density at radius 3 is 2.59 bits per heavy atom. The maximum absolute atomic E-state index is 13.2. The van der Waals surface area contributed by atoms with Gasteiger partial charge in [0.05, 0.1) is 24.7 Å². The monoisotopic (exact) mass is 310 g/mol. The number of carbonyl (C=O) groups is 1. The van der Waals surface area contributed by atoms with Crippen molar-refractivity contribution in [3.8, 4) is 0 Å². The van der Waals surface area contributed by atoms with Gasteiger partial charge >= 0.3 is 0 Å². The SMILES string of the molecule is CCC1(CC)COCCN1C(=O)C1CNC2(CCOCC2)C1. The molecule has 3 aliphatic heterocycles.